The molecule has 1 atom stereocenters. The van der Waals surface area contributed by atoms with E-state index in [1.165, 1.54) is 5.56 Å². The number of likely N-dealkylation sites (tertiary alicyclic amines) is 1. The maximum atomic E-state index is 9.68. The van der Waals surface area contributed by atoms with Crippen LogP contribution in [0.25, 0.3) is 5.69 Å². The molecule has 0 spiro atoms. The number of aliphatic hydroxyl groups excluding tert-OH is 1. The van der Waals surface area contributed by atoms with Gasteiger partial charge in [0.15, 0.2) is 0 Å². The standard InChI is InChI=1S/C15H19N3O/c19-15-7-4-8-17(12-15)10-13-9-16-18(11-13)14-5-2-1-3-6-14/h1-3,5-6,9,11,15,19H,4,7-8,10,12H2/t15-/m0/s1. The van der Waals surface area contributed by atoms with Gasteiger partial charge in [0.1, 0.15) is 0 Å². The lowest BCUT2D eigenvalue weighted by Gasteiger charge is -2.29. The second kappa shape index (κ2) is 5.55. The van der Waals surface area contributed by atoms with Gasteiger partial charge in [-0.15, -0.1) is 0 Å². The molecular formula is C15H19N3O. The lowest BCUT2D eigenvalue weighted by atomic mass is 10.1. The first kappa shape index (κ1) is 12.4. The summed E-state index contributed by atoms with van der Waals surface area (Å²) >= 11 is 0. The molecule has 1 fully saturated rings. The number of nitrogens with zero attached hydrogens (tertiary/aromatic N) is 3. The summed E-state index contributed by atoms with van der Waals surface area (Å²) in [6, 6.07) is 10.1. The van der Waals surface area contributed by atoms with Gasteiger partial charge < -0.3 is 5.11 Å². The van der Waals surface area contributed by atoms with E-state index in [1.54, 1.807) is 0 Å². The van der Waals surface area contributed by atoms with Gasteiger partial charge in [0.25, 0.3) is 0 Å². The zero-order chi connectivity index (χ0) is 13.1. The summed E-state index contributed by atoms with van der Waals surface area (Å²) in [5, 5.41) is 14.1. The van der Waals surface area contributed by atoms with Crippen LogP contribution in [0.15, 0.2) is 42.7 Å². The Bertz CT molecular complexity index is 523. The summed E-state index contributed by atoms with van der Waals surface area (Å²) in [4.78, 5) is 2.29. The summed E-state index contributed by atoms with van der Waals surface area (Å²) in [6.45, 7) is 2.70. The average Bonchev–Trinajstić information content (AvgIpc) is 2.88. The van der Waals surface area contributed by atoms with Crippen LogP contribution in [0.3, 0.4) is 0 Å². The van der Waals surface area contributed by atoms with Gasteiger partial charge in [0.05, 0.1) is 18.0 Å². The molecule has 100 valence electrons. The van der Waals surface area contributed by atoms with E-state index >= 15 is 0 Å². The average molecular weight is 257 g/mol. The summed E-state index contributed by atoms with van der Waals surface area (Å²) in [6.07, 6.45) is 5.82. The number of β-amino-alcohol motifs (C(OH)–C–C–N with tert-alkyl or cyclic N) is 1. The first-order chi connectivity index (χ1) is 9.31. The molecule has 4 heteroatoms. The Kier molecular flexibility index (Phi) is 3.62. The number of aliphatic hydroxyl groups is 1. The third-order valence-electron chi connectivity index (χ3n) is 3.54. The summed E-state index contributed by atoms with van der Waals surface area (Å²) in [5.74, 6) is 0. The molecule has 2 heterocycles. The first-order valence-corrected chi connectivity index (χ1v) is 6.80. The quantitative estimate of drug-likeness (QED) is 0.912. The molecule has 1 aliphatic rings. The number of rotatable bonds is 3. The molecule has 0 saturated carbocycles. The minimum atomic E-state index is -0.169. The lowest BCUT2D eigenvalue weighted by molar-refractivity contribution is 0.0668. The third kappa shape index (κ3) is 3.03. The van der Waals surface area contributed by atoms with Crippen molar-refractivity contribution in [3.8, 4) is 5.69 Å². The summed E-state index contributed by atoms with van der Waals surface area (Å²) < 4.78 is 1.90. The van der Waals surface area contributed by atoms with Crippen LogP contribution in [-0.2, 0) is 6.54 Å². The van der Waals surface area contributed by atoms with Crippen LogP contribution in [0.1, 0.15) is 18.4 Å². The fourth-order valence-corrected chi connectivity index (χ4v) is 2.60. The highest BCUT2D eigenvalue weighted by atomic mass is 16.3. The fourth-order valence-electron chi connectivity index (χ4n) is 2.60. The topological polar surface area (TPSA) is 41.3 Å². The Labute approximate surface area is 113 Å². The summed E-state index contributed by atoms with van der Waals surface area (Å²) in [7, 11) is 0. The van der Waals surface area contributed by atoms with Crippen molar-refractivity contribution in [1.29, 1.82) is 0 Å². The normalized spacial score (nSPS) is 20.6. The number of aromatic nitrogens is 2. The molecule has 0 unspecified atom stereocenters. The van der Waals surface area contributed by atoms with Gasteiger partial charge in [0.2, 0.25) is 0 Å². The zero-order valence-electron chi connectivity index (χ0n) is 10.9. The predicted molar refractivity (Wildman–Crippen MR) is 74.1 cm³/mol. The predicted octanol–water partition coefficient (Wildman–Crippen LogP) is 1.83. The fraction of sp³-hybridized carbons (Fsp3) is 0.400. The van der Waals surface area contributed by atoms with E-state index in [9.17, 15) is 5.11 Å². The molecule has 1 aromatic carbocycles. The number of hydrogen-bond acceptors (Lipinski definition) is 3. The van der Waals surface area contributed by atoms with Crippen molar-refractivity contribution in [2.24, 2.45) is 0 Å². The number of hydrogen-bond donors (Lipinski definition) is 1. The number of para-hydroxylation sites is 1. The lowest BCUT2D eigenvalue weighted by Crippen LogP contribution is -2.37. The molecular weight excluding hydrogens is 238 g/mol. The highest BCUT2D eigenvalue weighted by molar-refractivity contribution is 5.30. The van der Waals surface area contributed by atoms with Crippen molar-refractivity contribution in [3.63, 3.8) is 0 Å². The second-order valence-electron chi connectivity index (χ2n) is 5.16. The third-order valence-corrected chi connectivity index (χ3v) is 3.54. The minimum absolute atomic E-state index is 0.169. The number of piperidine rings is 1. The second-order valence-corrected chi connectivity index (χ2v) is 5.16. The van der Waals surface area contributed by atoms with Crippen molar-refractivity contribution < 1.29 is 5.11 Å². The molecule has 1 saturated heterocycles. The molecule has 1 aliphatic heterocycles. The monoisotopic (exact) mass is 257 g/mol. The van der Waals surface area contributed by atoms with Crippen LogP contribution in [0.5, 0.6) is 0 Å². The highest BCUT2D eigenvalue weighted by Gasteiger charge is 2.18. The van der Waals surface area contributed by atoms with Crippen molar-refractivity contribution in [3.05, 3.63) is 48.3 Å². The van der Waals surface area contributed by atoms with Crippen LogP contribution in [0.4, 0.5) is 0 Å². The van der Waals surface area contributed by atoms with E-state index in [1.807, 2.05) is 41.2 Å². The Hall–Kier alpha value is -1.65. The van der Waals surface area contributed by atoms with Gasteiger partial charge in [-0.05, 0) is 31.5 Å². The van der Waals surface area contributed by atoms with Gasteiger partial charge in [0, 0.05) is 24.8 Å². The molecule has 19 heavy (non-hydrogen) atoms. The van der Waals surface area contributed by atoms with Crippen LogP contribution < -0.4 is 0 Å². The Balaban J connectivity index is 1.68. The van der Waals surface area contributed by atoms with E-state index in [4.69, 9.17) is 0 Å². The van der Waals surface area contributed by atoms with Crippen LogP contribution >= 0.6 is 0 Å². The SMILES string of the molecule is O[C@H]1CCCN(Cc2cnn(-c3ccccc3)c2)C1. The van der Waals surface area contributed by atoms with Gasteiger partial charge in [-0.3, -0.25) is 4.90 Å². The van der Waals surface area contributed by atoms with E-state index < -0.39 is 0 Å². The summed E-state index contributed by atoms with van der Waals surface area (Å²) in [5.41, 5.74) is 2.27. The highest BCUT2D eigenvalue weighted by Crippen LogP contribution is 2.14. The van der Waals surface area contributed by atoms with E-state index in [2.05, 4.69) is 16.2 Å². The molecule has 4 nitrogen and oxygen atoms in total. The molecule has 0 bridgehead atoms. The first-order valence-electron chi connectivity index (χ1n) is 6.80. The Morgan fingerprint density at radius 3 is 2.89 bits per heavy atom. The minimum Gasteiger partial charge on any atom is -0.392 e. The van der Waals surface area contributed by atoms with Gasteiger partial charge >= 0.3 is 0 Å². The van der Waals surface area contributed by atoms with E-state index in [0.29, 0.717) is 0 Å². The molecule has 3 rings (SSSR count). The largest absolute Gasteiger partial charge is 0.392 e. The maximum Gasteiger partial charge on any atom is 0.0667 e. The van der Waals surface area contributed by atoms with Gasteiger partial charge in [-0.25, -0.2) is 4.68 Å². The van der Waals surface area contributed by atoms with Crippen LogP contribution in [-0.4, -0.2) is 39.0 Å². The molecule has 0 aliphatic carbocycles. The van der Waals surface area contributed by atoms with Crippen molar-refractivity contribution in [2.45, 2.75) is 25.5 Å². The van der Waals surface area contributed by atoms with Crippen molar-refractivity contribution >= 4 is 0 Å². The smallest absolute Gasteiger partial charge is 0.0667 e. The van der Waals surface area contributed by atoms with E-state index in [0.717, 1.165) is 38.2 Å². The number of benzene rings is 1. The molecule has 1 N–H and O–H groups in total. The van der Waals surface area contributed by atoms with Gasteiger partial charge in [-0.1, -0.05) is 18.2 Å². The van der Waals surface area contributed by atoms with E-state index in [-0.39, 0.29) is 6.10 Å². The Morgan fingerprint density at radius 2 is 2.11 bits per heavy atom. The van der Waals surface area contributed by atoms with Gasteiger partial charge in [-0.2, -0.15) is 5.10 Å². The molecule has 2 aromatic rings. The molecule has 0 radical (unpaired) electrons. The van der Waals surface area contributed by atoms with Crippen molar-refractivity contribution in [1.82, 2.24) is 14.7 Å². The molecule has 1 aromatic heterocycles. The van der Waals surface area contributed by atoms with Crippen LogP contribution in [0.2, 0.25) is 0 Å². The maximum absolute atomic E-state index is 9.68. The molecule has 0 amide bonds. The van der Waals surface area contributed by atoms with Crippen molar-refractivity contribution in [2.75, 3.05) is 13.1 Å². The van der Waals surface area contributed by atoms with Crippen LogP contribution in [0, 0.1) is 0 Å². The zero-order valence-corrected chi connectivity index (χ0v) is 10.9. The Morgan fingerprint density at radius 1 is 1.26 bits per heavy atom.